The van der Waals surface area contributed by atoms with Crippen LogP contribution in [0.2, 0.25) is 0 Å². The highest BCUT2D eigenvalue weighted by atomic mass is 15.0. The van der Waals surface area contributed by atoms with Crippen molar-refractivity contribution < 1.29 is 0 Å². The van der Waals surface area contributed by atoms with Crippen LogP contribution in [0.1, 0.15) is 25.5 Å². The topological polar surface area (TPSA) is 64.7 Å². The summed E-state index contributed by atoms with van der Waals surface area (Å²) in [5.41, 5.74) is 8.18. The van der Waals surface area contributed by atoms with Gasteiger partial charge in [0, 0.05) is 6.20 Å². The van der Waals surface area contributed by atoms with Crippen LogP contribution in [-0.4, -0.2) is 15.0 Å². The summed E-state index contributed by atoms with van der Waals surface area (Å²) in [6.45, 7) is 4.13. The fourth-order valence-electron chi connectivity index (χ4n) is 1.41. The molecule has 2 rings (SSSR count). The molecule has 4 nitrogen and oxygen atoms in total. The lowest BCUT2D eigenvalue weighted by Gasteiger charge is -2.07. The minimum Gasteiger partial charge on any atom is -0.368 e. The second-order valence-corrected chi connectivity index (χ2v) is 3.49. The number of nitrogens with zero attached hydrogens (tertiary/aromatic N) is 3. The fraction of sp³-hybridized carbons (Fsp3) is 0.300. The monoisotopic (exact) mass is 188 g/mol. The molecule has 0 saturated heterocycles. The molecule has 0 radical (unpaired) electrons. The van der Waals surface area contributed by atoms with Gasteiger partial charge in [0.15, 0.2) is 0 Å². The van der Waals surface area contributed by atoms with E-state index in [1.165, 1.54) is 0 Å². The van der Waals surface area contributed by atoms with E-state index < -0.39 is 0 Å². The van der Waals surface area contributed by atoms with Gasteiger partial charge < -0.3 is 5.73 Å². The van der Waals surface area contributed by atoms with Crippen LogP contribution in [0, 0.1) is 0 Å². The van der Waals surface area contributed by atoms with Gasteiger partial charge in [0.05, 0.1) is 11.2 Å². The maximum atomic E-state index is 5.61. The Morgan fingerprint density at radius 1 is 1.29 bits per heavy atom. The molecule has 0 fully saturated rings. The number of aromatic nitrogens is 3. The molecule has 4 heteroatoms. The smallest absolute Gasteiger partial charge is 0.220 e. The summed E-state index contributed by atoms with van der Waals surface area (Å²) < 4.78 is 0. The Hall–Kier alpha value is -1.71. The predicted octanol–water partition coefficient (Wildman–Crippen LogP) is 1.73. The SMILES string of the molecule is CC(C)c1nc(N)nc2cccnc12. The molecule has 0 aromatic carbocycles. The molecule has 2 N–H and O–H groups in total. The lowest BCUT2D eigenvalue weighted by atomic mass is 10.1. The van der Waals surface area contributed by atoms with Crippen molar-refractivity contribution in [3.8, 4) is 0 Å². The van der Waals surface area contributed by atoms with Crippen molar-refractivity contribution in [3.63, 3.8) is 0 Å². The van der Waals surface area contributed by atoms with Crippen molar-refractivity contribution in [2.75, 3.05) is 5.73 Å². The van der Waals surface area contributed by atoms with Gasteiger partial charge in [0.2, 0.25) is 5.95 Å². The van der Waals surface area contributed by atoms with Crippen LogP contribution in [0.15, 0.2) is 18.3 Å². The van der Waals surface area contributed by atoms with Gasteiger partial charge in [-0.1, -0.05) is 13.8 Å². The summed E-state index contributed by atoms with van der Waals surface area (Å²) in [5.74, 6) is 0.618. The van der Waals surface area contributed by atoms with Gasteiger partial charge in [-0.25, -0.2) is 9.97 Å². The van der Waals surface area contributed by atoms with Crippen LogP contribution in [0.25, 0.3) is 11.0 Å². The van der Waals surface area contributed by atoms with Gasteiger partial charge in [0.25, 0.3) is 0 Å². The van der Waals surface area contributed by atoms with Crippen molar-refractivity contribution in [3.05, 3.63) is 24.0 Å². The summed E-state index contributed by atoms with van der Waals surface area (Å²) in [7, 11) is 0. The van der Waals surface area contributed by atoms with E-state index in [0.717, 1.165) is 16.7 Å². The molecule has 0 atom stereocenters. The van der Waals surface area contributed by atoms with Gasteiger partial charge in [-0.15, -0.1) is 0 Å². The molecule has 0 aliphatic rings. The third-order valence-corrected chi connectivity index (χ3v) is 2.05. The van der Waals surface area contributed by atoms with Crippen LogP contribution < -0.4 is 5.73 Å². The second kappa shape index (κ2) is 3.21. The van der Waals surface area contributed by atoms with E-state index >= 15 is 0 Å². The first kappa shape index (κ1) is 8.87. The van der Waals surface area contributed by atoms with Gasteiger partial charge in [-0.2, -0.15) is 0 Å². The quantitative estimate of drug-likeness (QED) is 0.740. The molecule has 0 bridgehead atoms. The Kier molecular flexibility index (Phi) is 2.04. The van der Waals surface area contributed by atoms with Crippen molar-refractivity contribution in [2.45, 2.75) is 19.8 Å². The fourth-order valence-corrected chi connectivity index (χ4v) is 1.41. The number of anilines is 1. The van der Waals surface area contributed by atoms with Gasteiger partial charge in [-0.3, -0.25) is 4.98 Å². The summed E-state index contributed by atoms with van der Waals surface area (Å²) in [6.07, 6.45) is 1.74. The lowest BCUT2D eigenvalue weighted by Crippen LogP contribution is -2.03. The molecular formula is C10H12N4. The van der Waals surface area contributed by atoms with E-state index in [1.807, 2.05) is 12.1 Å². The normalized spacial score (nSPS) is 11.1. The summed E-state index contributed by atoms with van der Waals surface area (Å²) in [6, 6.07) is 3.74. The van der Waals surface area contributed by atoms with Crippen molar-refractivity contribution >= 4 is 17.0 Å². The summed E-state index contributed by atoms with van der Waals surface area (Å²) in [5, 5.41) is 0. The maximum absolute atomic E-state index is 5.61. The van der Waals surface area contributed by atoms with Gasteiger partial charge >= 0.3 is 0 Å². The number of hydrogen-bond donors (Lipinski definition) is 1. The maximum Gasteiger partial charge on any atom is 0.220 e. The third kappa shape index (κ3) is 1.39. The molecule has 0 saturated carbocycles. The zero-order chi connectivity index (χ0) is 10.1. The molecule has 72 valence electrons. The van der Waals surface area contributed by atoms with Crippen molar-refractivity contribution in [2.24, 2.45) is 0 Å². The van der Waals surface area contributed by atoms with Gasteiger partial charge in [-0.05, 0) is 18.1 Å². The molecule has 14 heavy (non-hydrogen) atoms. The number of nitrogens with two attached hydrogens (primary N) is 1. The third-order valence-electron chi connectivity index (χ3n) is 2.05. The summed E-state index contributed by atoms with van der Waals surface area (Å²) >= 11 is 0. The van der Waals surface area contributed by atoms with E-state index in [0.29, 0.717) is 11.9 Å². The minimum atomic E-state index is 0.303. The average Bonchev–Trinajstić information content (AvgIpc) is 2.16. The van der Waals surface area contributed by atoms with Crippen molar-refractivity contribution in [1.82, 2.24) is 15.0 Å². The lowest BCUT2D eigenvalue weighted by molar-refractivity contribution is 0.827. The molecule has 2 aromatic heterocycles. The first-order valence-electron chi connectivity index (χ1n) is 4.56. The molecule has 0 aliphatic carbocycles. The Bertz CT molecular complexity index is 465. The van der Waals surface area contributed by atoms with Crippen LogP contribution in [0.4, 0.5) is 5.95 Å². The van der Waals surface area contributed by atoms with Crippen LogP contribution >= 0.6 is 0 Å². The Balaban J connectivity index is 2.80. The standard InChI is InChI=1S/C10H12N4/c1-6(2)8-9-7(4-3-5-12-9)13-10(11)14-8/h3-6H,1-2H3,(H2,11,13,14). The predicted molar refractivity (Wildman–Crippen MR) is 55.8 cm³/mol. The second-order valence-electron chi connectivity index (χ2n) is 3.49. The van der Waals surface area contributed by atoms with Crippen LogP contribution in [0.3, 0.4) is 0 Å². The highest BCUT2D eigenvalue weighted by Gasteiger charge is 2.09. The Morgan fingerprint density at radius 3 is 2.79 bits per heavy atom. The zero-order valence-corrected chi connectivity index (χ0v) is 8.23. The average molecular weight is 188 g/mol. The highest BCUT2D eigenvalue weighted by molar-refractivity contribution is 5.77. The summed E-state index contributed by atoms with van der Waals surface area (Å²) in [4.78, 5) is 12.6. The zero-order valence-electron chi connectivity index (χ0n) is 8.23. The number of pyridine rings is 1. The van der Waals surface area contributed by atoms with Crippen LogP contribution in [0.5, 0.6) is 0 Å². The van der Waals surface area contributed by atoms with Crippen molar-refractivity contribution in [1.29, 1.82) is 0 Å². The molecule has 0 amide bonds. The minimum absolute atomic E-state index is 0.303. The van der Waals surface area contributed by atoms with E-state index in [1.54, 1.807) is 6.20 Å². The molecule has 0 aliphatic heterocycles. The molecule has 0 spiro atoms. The first-order valence-corrected chi connectivity index (χ1v) is 4.56. The largest absolute Gasteiger partial charge is 0.368 e. The number of nitrogen functional groups attached to an aromatic ring is 1. The molecule has 0 unspecified atom stereocenters. The molecular weight excluding hydrogens is 176 g/mol. The van der Waals surface area contributed by atoms with Gasteiger partial charge in [0.1, 0.15) is 5.52 Å². The first-order chi connectivity index (χ1) is 6.68. The molecule has 2 aromatic rings. The number of rotatable bonds is 1. The Morgan fingerprint density at radius 2 is 2.07 bits per heavy atom. The molecule has 2 heterocycles. The Labute approximate surface area is 82.2 Å². The van der Waals surface area contributed by atoms with E-state index in [4.69, 9.17) is 5.73 Å². The number of hydrogen-bond acceptors (Lipinski definition) is 4. The van der Waals surface area contributed by atoms with E-state index in [-0.39, 0.29) is 0 Å². The van der Waals surface area contributed by atoms with E-state index in [2.05, 4.69) is 28.8 Å². The number of fused-ring (bicyclic) bond motifs is 1. The van der Waals surface area contributed by atoms with Crippen LogP contribution in [-0.2, 0) is 0 Å². The van der Waals surface area contributed by atoms with E-state index in [9.17, 15) is 0 Å². The highest BCUT2D eigenvalue weighted by Crippen LogP contribution is 2.20.